The van der Waals surface area contributed by atoms with Gasteiger partial charge >= 0.3 is 0 Å². The van der Waals surface area contributed by atoms with E-state index in [1.54, 1.807) is 31.5 Å². The third-order valence-electron chi connectivity index (χ3n) is 5.36. The number of aryl methyl sites for hydroxylation is 2. The van der Waals surface area contributed by atoms with Gasteiger partial charge in [0.25, 0.3) is 0 Å². The zero-order valence-corrected chi connectivity index (χ0v) is 19.4. The van der Waals surface area contributed by atoms with Gasteiger partial charge in [-0.05, 0) is 54.8 Å². The lowest BCUT2D eigenvalue weighted by atomic mass is 10.0. The van der Waals surface area contributed by atoms with Gasteiger partial charge in [-0.3, -0.25) is 14.7 Å². The molecule has 0 saturated carbocycles. The van der Waals surface area contributed by atoms with Crippen LogP contribution in [0.25, 0.3) is 10.2 Å². The monoisotopic (exact) mass is 447 g/mol. The number of thiazole rings is 1. The minimum absolute atomic E-state index is 0.0224. The van der Waals surface area contributed by atoms with Crippen molar-refractivity contribution in [2.24, 2.45) is 0 Å². The van der Waals surface area contributed by atoms with Crippen LogP contribution in [0.15, 0.2) is 54.9 Å². The molecule has 0 unspecified atom stereocenters. The van der Waals surface area contributed by atoms with Gasteiger partial charge in [-0.25, -0.2) is 4.98 Å². The number of methoxy groups -OCH3 is 2. The van der Waals surface area contributed by atoms with Gasteiger partial charge in [-0.2, -0.15) is 0 Å². The van der Waals surface area contributed by atoms with Crippen LogP contribution in [0.1, 0.15) is 22.3 Å². The minimum atomic E-state index is -0.0224. The first-order valence-electron chi connectivity index (χ1n) is 10.3. The minimum Gasteiger partial charge on any atom is -0.495 e. The van der Waals surface area contributed by atoms with Crippen molar-refractivity contribution in [3.8, 4) is 11.5 Å². The second-order valence-electron chi connectivity index (χ2n) is 7.59. The summed E-state index contributed by atoms with van der Waals surface area (Å²) in [5.41, 5.74) is 4.96. The highest BCUT2D eigenvalue weighted by molar-refractivity contribution is 7.22. The topological polar surface area (TPSA) is 64.6 Å². The van der Waals surface area contributed by atoms with Gasteiger partial charge in [-0.1, -0.05) is 35.1 Å². The molecule has 0 spiro atoms. The van der Waals surface area contributed by atoms with E-state index < -0.39 is 0 Å². The van der Waals surface area contributed by atoms with Crippen LogP contribution in [0.4, 0.5) is 5.13 Å². The molecule has 32 heavy (non-hydrogen) atoms. The summed E-state index contributed by atoms with van der Waals surface area (Å²) < 4.78 is 11.9. The van der Waals surface area contributed by atoms with Crippen LogP contribution in [0.2, 0.25) is 0 Å². The Bertz CT molecular complexity index is 1210. The summed E-state index contributed by atoms with van der Waals surface area (Å²) >= 11 is 1.42. The predicted octanol–water partition coefficient (Wildman–Crippen LogP) is 5.10. The maximum Gasteiger partial charge on any atom is 0.233 e. The Morgan fingerprint density at radius 3 is 2.41 bits per heavy atom. The zero-order chi connectivity index (χ0) is 22.7. The fourth-order valence-corrected chi connectivity index (χ4v) is 4.72. The molecule has 2 aromatic heterocycles. The Labute approximate surface area is 191 Å². The third-order valence-corrected chi connectivity index (χ3v) is 6.45. The number of aromatic nitrogens is 2. The molecular weight excluding hydrogens is 422 g/mol. The number of hydrogen-bond donors (Lipinski definition) is 0. The van der Waals surface area contributed by atoms with Crippen LogP contribution >= 0.6 is 11.3 Å². The average molecular weight is 448 g/mol. The first kappa shape index (κ1) is 21.8. The lowest BCUT2D eigenvalue weighted by Gasteiger charge is -2.20. The normalized spacial score (nSPS) is 10.9. The second-order valence-corrected chi connectivity index (χ2v) is 8.56. The smallest absolute Gasteiger partial charge is 0.233 e. The van der Waals surface area contributed by atoms with Crippen LogP contribution in [0.3, 0.4) is 0 Å². The van der Waals surface area contributed by atoms with Crippen molar-refractivity contribution < 1.29 is 14.3 Å². The lowest BCUT2D eigenvalue weighted by Crippen LogP contribution is -2.32. The summed E-state index contributed by atoms with van der Waals surface area (Å²) in [5, 5.41) is 0.606. The Hall–Kier alpha value is -3.45. The SMILES string of the molecule is COc1ccc(OC)c2sc(N(Cc3ccncc3)C(=O)Cc3ccc(C)cc3C)nc12. The first-order valence-corrected chi connectivity index (χ1v) is 11.1. The lowest BCUT2D eigenvalue weighted by molar-refractivity contribution is -0.118. The molecule has 7 heteroatoms. The predicted molar refractivity (Wildman–Crippen MR) is 128 cm³/mol. The summed E-state index contributed by atoms with van der Waals surface area (Å²) in [7, 11) is 3.24. The van der Waals surface area contributed by atoms with Gasteiger partial charge in [0.05, 0.1) is 27.2 Å². The van der Waals surface area contributed by atoms with Crippen molar-refractivity contribution >= 4 is 32.6 Å². The molecule has 0 fully saturated rings. The highest BCUT2D eigenvalue weighted by Gasteiger charge is 2.23. The molecule has 0 N–H and O–H groups in total. The molecule has 4 rings (SSSR count). The number of fused-ring (bicyclic) bond motifs is 1. The van der Waals surface area contributed by atoms with E-state index in [0.29, 0.717) is 35.1 Å². The Kier molecular flexibility index (Phi) is 6.37. The first-order chi connectivity index (χ1) is 15.5. The van der Waals surface area contributed by atoms with E-state index in [1.807, 2.05) is 43.3 Å². The highest BCUT2D eigenvalue weighted by Crippen LogP contribution is 2.40. The van der Waals surface area contributed by atoms with Gasteiger partial charge in [0.2, 0.25) is 5.91 Å². The van der Waals surface area contributed by atoms with Gasteiger partial charge in [0, 0.05) is 12.4 Å². The van der Waals surface area contributed by atoms with E-state index in [9.17, 15) is 4.79 Å². The number of carbonyl (C=O) groups excluding carboxylic acids is 1. The van der Waals surface area contributed by atoms with Crippen molar-refractivity contribution in [1.29, 1.82) is 0 Å². The molecule has 1 amide bonds. The van der Waals surface area contributed by atoms with E-state index in [1.165, 1.54) is 16.9 Å². The molecule has 6 nitrogen and oxygen atoms in total. The van der Waals surface area contributed by atoms with Crippen LogP contribution in [-0.2, 0) is 17.8 Å². The highest BCUT2D eigenvalue weighted by atomic mass is 32.1. The van der Waals surface area contributed by atoms with Crippen molar-refractivity contribution in [1.82, 2.24) is 9.97 Å². The number of nitrogens with zero attached hydrogens (tertiary/aromatic N) is 3. The summed E-state index contributed by atoms with van der Waals surface area (Å²) in [6.07, 6.45) is 3.75. The molecule has 2 heterocycles. The van der Waals surface area contributed by atoms with Crippen molar-refractivity contribution in [3.05, 3.63) is 77.1 Å². The van der Waals surface area contributed by atoms with Gasteiger partial charge in [-0.15, -0.1) is 0 Å². The number of benzene rings is 2. The molecule has 0 aliphatic carbocycles. The number of rotatable bonds is 7. The number of pyridine rings is 1. The molecule has 0 aliphatic heterocycles. The summed E-state index contributed by atoms with van der Waals surface area (Å²) in [4.78, 5) is 24.2. The van der Waals surface area contributed by atoms with Gasteiger partial charge in [0.1, 0.15) is 21.7 Å². The maximum absolute atomic E-state index is 13.6. The number of carbonyl (C=O) groups is 1. The van der Waals surface area contributed by atoms with E-state index >= 15 is 0 Å². The van der Waals surface area contributed by atoms with E-state index in [0.717, 1.165) is 21.4 Å². The van der Waals surface area contributed by atoms with Crippen molar-refractivity contribution in [2.75, 3.05) is 19.1 Å². The number of amides is 1. The fraction of sp³-hybridized carbons (Fsp3) is 0.240. The number of ether oxygens (including phenoxy) is 2. The van der Waals surface area contributed by atoms with Crippen LogP contribution in [0.5, 0.6) is 11.5 Å². The molecule has 4 aromatic rings. The third kappa shape index (κ3) is 4.43. The van der Waals surface area contributed by atoms with Crippen LogP contribution in [0, 0.1) is 13.8 Å². The molecule has 2 aromatic carbocycles. The van der Waals surface area contributed by atoms with Gasteiger partial charge in [0.15, 0.2) is 5.13 Å². The summed E-state index contributed by atoms with van der Waals surface area (Å²) in [6.45, 7) is 4.49. The molecule has 0 aliphatic rings. The quantitative estimate of drug-likeness (QED) is 0.394. The Morgan fingerprint density at radius 1 is 1.00 bits per heavy atom. The summed E-state index contributed by atoms with van der Waals surface area (Å²) in [5.74, 6) is 1.33. The van der Waals surface area contributed by atoms with Gasteiger partial charge < -0.3 is 9.47 Å². The number of anilines is 1. The average Bonchev–Trinajstić information content (AvgIpc) is 3.24. The van der Waals surface area contributed by atoms with Crippen LogP contribution in [-0.4, -0.2) is 30.1 Å². The Morgan fingerprint density at radius 2 is 1.72 bits per heavy atom. The molecule has 0 radical (unpaired) electrons. The zero-order valence-electron chi connectivity index (χ0n) is 18.6. The van der Waals surface area contributed by atoms with Crippen LogP contribution < -0.4 is 14.4 Å². The second kappa shape index (κ2) is 9.36. The number of hydrogen-bond acceptors (Lipinski definition) is 6. The van der Waals surface area contributed by atoms with Crippen molar-refractivity contribution in [3.63, 3.8) is 0 Å². The molecule has 164 valence electrons. The van der Waals surface area contributed by atoms with E-state index in [4.69, 9.17) is 14.5 Å². The fourth-order valence-electron chi connectivity index (χ4n) is 3.63. The Balaban J connectivity index is 1.76. The molecule has 0 atom stereocenters. The molecule has 0 bridgehead atoms. The standard InChI is InChI=1S/C25H25N3O3S/c1-16-5-6-19(17(2)13-16)14-22(29)28(15-18-9-11-26-12-10-18)25-27-23-20(30-3)7-8-21(31-4)24(23)32-25/h5-13H,14-15H2,1-4H3. The summed E-state index contributed by atoms with van der Waals surface area (Å²) in [6, 6.07) is 13.7. The van der Waals surface area contributed by atoms with E-state index in [-0.39, 0.29) is 5.91 Å². The van der Waals surface area contributed by atoms with E-state index in [2.05, 4.69) is 18.0 Å². The van der Waals surface area contributed by atoms with Crippen molar-refractivity contribution in [2.45, 2.75) is 26.8 Å². The molecule has 0 saturated heterocycles. The largest absolute Gasteiger partial charge is 0.495 e. The molecular formula is C25H25N3O3S. The maximum atomic E-state index is 13.6.